The molecule has 1 aliphatic heterocycles. The Morgan fingerprint density at radius 2 is 2.08 bits per heavy atom. The third-order valence-electron chi connectivity index (χ3n) is 2.61. The summed E-state index contributed by atoms with van der Waals surface area (Å²) in [6, 6.07) is 0.317. The molecule has 1 heterocycles. The third-order valence-corrected chi connectivity index (χ3v) is 2.61. The van der Waals surface area contributed by atoms with Crippen molar-refractivity contribution < 1.29 is 4.79 Å². The molecule has 0 radical (unpaired) electrons. The Balaban J connectivity index is 2.55. The summed E-state index contributed by atoms with van der Waals surface area (Å²) < 4.78 is 0. The van der Waals surface area contributed by atoms with Gasteiger partial charge in [0.25, 0.3) is 0 Å². The second kappa shape index (κ2) is 3.74. The number of nitrogens with one attached hydrogen (secondary N) is 1. The van der Waals surface area contributed by atoms with E-state index in [2.05, 4.69) is 12.2 Å². The van der Waals surface area contributed by atoms with Crippen LogP contribution in [-0.4, -0.2) is 11.9 Å². The maximum atomic E-state index is 11.2. The minimum Gasteiger partial charge on any atom is -0.346 e. The zero-order valence-corrected chi connectivity index (χ0v) is 8.11. The van der Waals surface area contributed by atoms with Crippen molar-refractivity contribution in [2.24, 2.45) is 0 Å². The molecule has 0 fully saturated rings. The molecule has 2 nitrogen and oxygen atoms in total. The van der Waals surface area contributed by atoms with Crippen LogP contribution in [0.1, 0.15) is 40.0 Å². The first-order valence-corrected chi connectivity index (χ1v) is 4.65. The first-order valence-electron chi connectivity index (χ1n) is 4.65. The molecule has 0 aromatic heterocycles. The summed E-state index contributed by atoms with van der Waals surface area (Å²) in [5.74, 6) is 0.119. The fourth-order valence-electron chi connectivity index (χ4n) is 1.51. The average Bonchev–Trinajstić information content (AvgIpc) is 2.30. The lowest BCUT2D eigenvalue weighted by atomic mass is 10.0. The zero-order chi connectivity index (χ0) is 9.14. The Bertz CT molecular complexity index is 218. The lowest BCUT2D eigenvalue weighted by Crippen LogP contribution is -2.28. The lowest BCUT2D eigenvalue weighted by Gasteiger charge is -2.10. The average molecular weight is 167 g/mol. The molecular formula is C10H17NO. The molecule has 1 amide bonds. The van der Waals surface area contributed by atoms with Crippen molar-refractivity contribution in [2.75, 3.05) is 0 Å². The number of unbranched alkanes of at least 4 members (excludes halogenated alkanes) is 1. The predicted octanol–water partition coefficient (Wildman–Crippen LogP) is 2.01. The molecule has 1 atom stereocenters. The monoisotopic (exact) mass is 167 g/mol. The quantitative estimate of drug-likeness (QED) is 0.684. The summed E-state index contributed by atoms with van der Waals surface area (Å²) >= 11 is 0. The van der Waals surface area contributed by atoms with Gasteiger partial charge < -0.3 is 5.32 Å². The second-order valence-corrected chi connectivity index (χ2v) is 3.48. The summed E-state index contributed by atoms with van der Waals surface area (Å²) in [5, 5.41) is 2.98. The van der Waals surface area contributed by atoms with E-state index in [4.69, 9.17) is 0 Å². The summed E-state index contributed by atoms with van der Waals surface area (Å²) in [6.07, 6.45) is 3.47. The predicted molar refractivity (Wildman–Crippen MR) is 49.8 cm³/mol. The van der Waals surface area contributed by atoms with Gasteiger partial charge in [0, 0.05) is 5.57 Å². The van der Waals surface area contributed by atoms with Gasteiger partial charge in [-0.05, 0) is 25.8 Å². The van der Waals surface area contributed by atoms with Crippen LogP contribution in [0.3, 0.4) is 0 Å². The molecule has 0 aromatic carbocycles. The Kier molecular flexibility index (Phi) is 2.90. The highest BCUT2D eigenvalue weighted by Gasteiger charge is 2.24. The van der Waals surface area contributed by atoms with Crippen LogP contribution >= 0.6 is 0 Å². The minimum atomic E-state index is 0.119. The van der Waals surface area contributed by atoms with Crippen molar-refractivity contribution in [1.82, 2.24) is 5.32 Å². The zero-order valence-electron chi connectivity index (χ0n) is 8.11. The van der Waals surface area contributed by atoms with E-state index in [1.54, 1.807) is 0 Å². The van der Waals surface area contributed by atoms with Crippen LogP contribution in [0, 0.1) is 0 Å². The van der Waals surface area contributed by atoms with Crippen molar-refractivity contribution in [3.05, 3.63) is 11.1 Å². The van der Waals surface area contributed by atoms with E-state index in [1.165, 1.54) is 18.4 Å². The van der Waals surface area contributed by atoms with E-state index in [-0.39, 0.29) is 5.91 Å². The van der Waals surface area contributed by atoms with E-state index >= 15 is 0 Å². The first-order chi connectivity index (χ1) is 5.66. The van der Waals surface area contributed by atoms with Crippen molar-refractivity contribution >= 4 is 5.91 Å². The van der Waals surface area contributed by atoms with Crippen LogP contribution in [0.25, 0.3) is 0 Å². The number of hydrogen-bond donors (Lipinski definition) is 1. The fraction of sp³-hybridized carbons (Fsp3) is 0.700. The SMILES string of the molecule is CCCCC1NC(=O)C(C)=C1C. The van der Waals surface area contributed by atoms with Crippen molar-refractivity contribution in [1.29, 1.82) is 0 Å². The van der Waals surface area contributed by atoms with Crippen LogP contribution in [-0.2, 0) is 4.79 Å². The molecule has 0 aliphatic carbocycles. The smallest absolute Gasteiger partial charge is 0.247 e. The Hall–Kier alpha value is -0.790. The number of hydrogen-bond acceptors (Lipinski definition) is 1. The van der Waals surface area contributed by atoms with Crippen LogP contribution < -0.4 is 5.32 Å². The molecule has 1 N–H and O–H groups in total. The number of rotatable bonds is 3. The number of carbonyl (C=O) groups excluding carboxylic acids is 1. The molecule has 2 heteroatoms. The van der Waals surface area contributed by atoms with Gasteiger partial charge in [-0.25, -0.2) is 0 Å². The topological polar surface area (TPSA) is 29.1 Å². The van der Waals surface area contributed by atoms with Gasteiger partial charge >= 0.3 is 0 Å². The molecule has 0 aromatic rings. The molecule has 0 bridgehead atoms. The first kappa shape index (κ1) is 9.30. The second-order valence-electron chi connectivity index (χ2n) is 3.48. The van der Waals surface area contributed by atoms with Crippen molar-refractivity contribution in [3.8, 4) is 0 Å². The van der Waals surface area contributed by atoms with Crippen LogP contribution in [0.15, 0.2) is 11.1 Å². The lowest BCUT2D eigenvalue weighted by molar-refractivity contribution is -0.117. The summed E-state index contributed by atoms with van der Waals surface area (Å²) in [6.45, 7) is 6.12. The molecule has 0 saturated heterocycles. The van der Waals surface area contributed by atoms with E-state index in [0.29, 0.717) is 6.04 Å². The molecular weight excluding hydrogens is 150 g/mol. The van der Waals surface area contributed by atoms with Gasteiger partial charge in [-0.15, -0.1) is 0 Å². The highest BCUT2D eigenvalue weighted by atomic mass is 16.2. The minimum absolute atomic E-state index is 0.119. The standard InChI is InChI=1S/C10H17NO/c1-4-5-6-9-7(2)8(3)10(12)11-9/h9H,4-6H2,1-3H3,(H,11,12). The van der Waals surface area contributed by atoms with E-state index in [1.807, 2.05) is 13.8 Å². The molecule has 1 rings (SSSR count). The van der Waals surface area contributed by atoms with Crippen molar-refractivity contribution in [3.63, 3.8) is 0 Å². The Labute approximate surface area is 74.0 Å². The maximum Gasteiger partial charge on any atom is 0.247 e. The Morgan fingerprint density at radius 3 is 2.50 bits per heavy atom. The maximum absolute atomic E-state index is 11.2. The highest BCUT2D eigenvalue weighted by molar-refractivity contribution is 5.96. The van der Waals surface area contributed by atoms with Crippen LogP contribution in [0.4, 0.5) is 0 Å². The molecule has 0 saturated carbocycles. The fourth-order valence-corrected chi connectivity index (χ4v) is 1.51. The molecule has 0 spiro atoms. The molecule has 1 unspecified atom stereocenters. The molecule has 68 valence electrons. The van der Waals surface area contributed by atoms with Gasteiger partial charge in [-0.2, -0.15) is 0 Å². The van der Waals surface area contributed by atoms with Gasteiger partial charge in [0.1, 0.15) is 0 Å². The van der Waals surface area contributed by atoms with Crippen molar-refractivity contribution in [2.45, 2.75) is 46.1 Å². The normalized spacial score (nSPS) is 23.2. The van der Waals surface area contributed by atoms with Gasteiger partial charge in [0.15, 0.2) is 0 Å². The summed E-state index contributed by atoms with van der Waals surface area (Å²) in [4.78, 5) is 11.2. The molecule has 1 aliphatic rings. The number of amides is 1. The van der Waals surface area contributed by atoms with E-state index in [0.717, 1.165) is 12.0 Å². The number of carbonyl (C=O) groups is 1. The van der Waals surface area contributed by atoms with E-state index < -0.39 is 0 Å². The van der Waals surface area contributed by atoms with Gasteiger partial charge in [0.2, 0.25) is 5.91 Å². The summed E-state index contributed by atoms with van der Waals surface area (Å²) in [5.41, 5.74) is 2.14. The highest BCUT2D eigenvalue weighted by Crippen LogP contribution is 2.19. The van der Waals surface area contributed by atoms with Gasteiger partial charge in [-0.3, -0.25) is 4.79 Å². The third kappa shape index (κ3) is 1.68. The van der Waals surface area contributed by atoms with Crippen LogP contribution in [0.2, 0.25) is 0 Å². The largest absolute Gasteiger partial charge is 0.346 e. The van der Waals surface area contributed by atoms with E-state index in [9.17, 15) is 4.79 Å². The van der Waals surface area contributed by atoms with Gasteiger partial charge in [-0.1, -0.05) is 19.8 Å². The summed E-state index contributed by atoms with van der Waals surface area (Å²) in [7, 11) is 0. The van der Waals surface area contributed by atoms with Gasteiger partial charge in [0.05, 0.1) is 6.04 Å². The van der Waals surface area contributed by atoms with Crippen LogP contribution in [0.5, 0.6) is 0 Å². The molecule has 12 heavy (non-hydrogen) atoms. The Morgan fingerprint density at radius 1 is 1.42 bits per heavy atom.